The Hall–Kier alpha value is -1.75. The van der Waals surface area contributed by atoms with E-state index in [-0.39, 0.29) is 18.1 Å². The van der Waals surface area contributed by atoms with Crippen LogP contribution in [0.3, 0.4) is 0 Å². The zero-order valence-corrected chi connectivity index (χ0v) is 12.6. The average molecular weight is 290 g/mol. The Balaban J connectivity index is 1.61. The lowest BCUT2D eigenvalue weighted by Gasteiger charge is -2.37. The van der Waals surface area contributed by atoms with Gasteiger partial charge in [-0.25, -0.2) is 0 Å². The van der Waals surface area contributed by atoms with Gasteiger partial charge in [-0.1, -0.05) is 6.07 Å². The highest BCUT2D eigenvalue weighted by molar-refractivity contribution is 5.78. The summed E-state index contributed by atoms with van der Waals surface area (Å²) < 4.78 is 10.5. The van der Waals surface area contributed by atoms with Gasteiger partial charge in [0.15, 0.2) is 0 Å². The van der Waals surface area contributed by atoms with Crippen molar-refractivity contribution in [1.29, 1.82) is 0 Å². The van der Waals surface area contributed by atoms with E-state index in [1.54, 1.807) is 7.11 Å². The number of nitrogens with zero attached hydrogens (tertiary/aromatic N) is 2. The fourth-order valence-electron chi connectivity index (χ4n) is 3.13. The number of benzene rings is 1. The van der Waals surface area contributed by atoms with Crippen LogP contribution in [0.1, 0.15) is 13.3 Å². The van der Waals surface area contributed by atoms with Crippen LogP contribution >= 0.6 is 0 Å². The number of rotatable bonds is 3. The molecule has 0 aromatic heterocycles. The number of hydrogen-bond acceptors (Lipinski definition) is 5. The Morgan fingerprint density at radius 2 is 2.00 bits per heavy atom. The van der Waals surface area contributed by atoms with E-state index in [4.69, 9.17) is 9.47 Å². The average Bonchev–Trinajstić information content (AvgIpc) is 2.86. The standard InChI is InChI=1S/C16H22N2O3/c1-12-10-15(16(19)21-12)18-8-6-17(7-9-18)13-4-3-5-14(11-13)20-2/h3-5,11-12,15H,6-10H2,1-2H3. The van der Waals surface area contributed by atoms with Crippen LogP contribution in [0.2, 0.25) is 0 Å². The van der Waals surface area contributed by atoms with Crippen molar-refractivity contribution < 1.29 is 14.3 Å². The lowest BCUT2D eigenvalue weighted by Crippen LogP contribution is -2.51. The van der Waals surface area contributed by atoms with Gasteiger partial charge in [0.05, 0.1) is 7.11 Å². The van der Waals surface area contributed by atoms with Gasteiger partial charge in [0.1, 0.15) is 17.9 Å². The van der Waals surface area contributed by atoms with E-state index in [0.29, 0.717) is 0 Å². The lowest BCUT2D eigenvalue weighted by molar-refractivity contribution is -0.144. The molecule has 2 aliphatic rings. The molecule has 0 spiro atoms. The highest BCUT2D eigenvalue weighted by Gasteiger charge is 2.37. The number of piperazine rings is 1. The molecule has 5 nitrogen and oxygen atoms in total. The zero-order valence-electron chi connectivity index (χ0n) is 12.6. The minimum absolute atomic E-state index is 0.0486. The molecule has 2 atom stereocenters. The van der Waals surface area contributed by atoms with Crippen molar-refractivity contribution in [2.75, 3.05) is 38.2 Å². The molecule has 1 aromatic rings. The van der Waals surface area contributed by atoms with Crippen molar-refractivity contribution in [3.63, 3.8) is 0 Å². The summed E-state index contributed by atoms with van der Waals surface area (Å²) in [5, 5.41) is 0. The summed E-state index contributed by atoms with van der Waals surface area (Å²) in [4.78, 5) is 16.4. The van der Waals surface area contributed by atoms with Gasteiger partial charge in [0.2, 0.25) is 0 Å². The molecule has 0 amide bonds. The fourth-order valence-corrected chi connectivity index (χ4v) is 3.13. The molecule has 0 N–H and O–H groups in total. The number of carbonyl (C=O) groups excluding carboxylic acids is 1. The van der Waals surface area contributed by atoms with Gasteiger partial charge in [-0.3, -0.25) is 9.69 Å². The number of cyclic esters (lactones) is 1. The van der Waals surface area contributed by atoms with Gasteiger partial charge < -0.3 is 14.4 Å². The minimum atomic E-state index is -0.0580. The predicted octanol–water partition coefficient (Wildman–Crippen LogP) is 1.52. The van der Waals surface area contributed by atoms with E-state index < -0.39 is 0 Å². The predicted molar refractivity (Wildman–Crippen MR) is 80.7 cm³/mol. The van der Waals surface area contributed by atoms with E-state index >= 15 is 0 Å². The molecule has 2 unspecified atom stereocenters. The second-order valence-corrected chi connectivity index (χ2v) is 5.72. The number of anilines is 1. The van der Waals surface area contributed by atoms with Crippen LogP contribution in [0.15, 0.2) is 24.3 Å². The van der Waals surface area contributed by atoms with Gasteiger partial charge >= 0.3 is 5.97 Å². The first kappa shape index (κ1) is 14.2. The largest absolute Gasteiger partial charge is 0.497 e. The number of methoxy groups -OCH3 is 1. The number of carbonyl (C=O) groups is 1. The molecule has 0 aliphatic carbocycles. The Labute approximate surface area is 125 Å². The summed E-state index contributed by atoms with van der Waals surface area (Å²) in [5.74, 6) is 0.820. The molecule has 1 aromatic carbocycles. The van der Waals surface area contributed by atoms with E-state index in [1.165, 1.54) is 5.69 Å². The lowest BCUT2D eigenvalue weighted by atomic mass is 10.1. The van der Waals surface area contributed by atoms with Crippen molar-refractivity contribution in [1.82, 2.24) is 4.90 Å². The molecule has 114 valence electrons. The fraction of sp³-hybridized carbons (Fsp3) is 0.562. The van der Waals surface area contributed by atoms with Crippen molar-refractivity contribution in [3.05, 3.63) is 24.3 Å². The first-order valence-electron chi connectivity index (χ1n) is 7.51. The molecule has 2 fully saturated rings. The first-order valence-corrected chi connectivity index (χ1v) is 7.51. The number of hydrogen-bond donors (Lipinski definition) is 0. The summed E-state index contributed by atoms with van der Waals surface area (Å²) in [7, 11) is 1.68. The topological polar surface area (TPSA) is 42.0 Å². The summed E-state index contributed by atoms with van der Waals surface area (Å²) in [6.07, 6.45) is 0.872. The van der Waals surface area contributed by atoms with Gasteiger partial charge in [0.25, 0.3) is 0 Å². The Kier molecular flexibility index (Phi) is 4.01. The van der Waals surface area contributed by atoms with Gasteiger partial charge in [-0.15, -0.1) is 0 Å². The van der Waals surface area contributed by atoms with Crippen LogP contribution in [0.4, 0.5) is 5.69 Å². The molecular weight excluding hydrogens is 268 g/mol. The maximum absolute atomic E-state index is 11.8. The van der Waals surface area contributed by atoms with Crippen molar-refractivity contribution >= 4 is 11.7 Å². The molecule has 0 saturated carbocycles. The highest BCUT2D eigenvalue weighted by Crippen LogP contribution is 2.25. The Bertz CT molecular complexity index is 512. The maximum atomic E-state index is 11.8. The summed E-state index contributed by atoms with van der Waals surface area (Å²) >= 11 is 0. The van der Waals surface area contributed by atoms with Crippen molar-refractivity contribution in [2.24, 2.45) is 0 Å². The zero-order chi connectivity index (χ0) is 14.8. The molecule has 0 radical (unpaired) electrons. The first-order chi connectivity index (χ1) is 10.2. The van der Waals surface area contributed by atoms with E-state index in [0.717, 1.165) is 38.3 Å². The van der Waals surface area contributed by atoms with Crippen LogP contribution < -0.4 is 9.64 Å². The highest BCUT2D eigenvalue weighted by atomic mass is 16.6. The van der Waals surface area contributed by atoms with E-state index in [9.17, 15) is 4.79 Å². The number of esters is 1. The monoisotopic (exact) mass is 290 g/mol. The quantitative estimate of drug-likeness (QED) is 0.790. The van der Waals surface area contributed by atoms with Crippen molar-refractivity contribution in [3.8, 4) is 5.75 Å². The molecular formula is C16H22N2O3. The van der Waals surface area contributed by atoms with Crippen LogP contribution in [0, 0.1) is 0 Å². The second kappa shape index (κ2) is 5.93. The second-order valence-electron chi connectivity index (χ2n) is 5.72. The van der Waals surface area contributed by atoms with E-state index in [2.05, 4.69) is 21.9 Å². The molecule has 21 heavy (non-hydrogen) atoms. The molecule has 5 heteroatoms. The van der Waals surface area contributed by atoms with Gasteiger partial charge in [-0.2, -0.15) is 0 Å². The van der Waals surface area contributed by atoms with Crippen LogP contribution in [0.25, 0.3) is 0 Å². The van der Waals surface area contributed by atoms with Crippen LogP contribution in [0.5, 0.6) is 5.75 Å². The van der Waals surface area contributed by atoms with E-state index in [1.807, 2.05) is 19.1 Å². The minimum Gasteiger partial charge on any atom is -0.497 e. The summed E-state index contributed by atoms with van der Waals surface area (Å²) in [5.41, 5.74) is 1.18. The number of ether oxygens (including phenoxy) is 2. The third-order valence-electron chi connectivity index (χ3n) is 4.32. The van der Waals surface area contributed by atoms with Gasteiger partial charge in [0, 0.05) is 44.4 Å². The Morgan fingerprint density at radius 1 is 1.24 bits per heavy atom. The normalized spacial score (nSPS) is 26.8. The molecule has 2 saturated heterocycles. The third-order valence-corrected chi connectivity index (χ3v) is 4.32. The SMILES string of the molecule is COc1cccc(N2CCN(C3CC(C)OC3=O)CC2)c1. The Morgan fingerprint density at radius 3 is 2.62 bits per heavy atom. The molecule has 3 rings (SSSR count). The molecule has 0 bridgehead atoms. The van der Waals surface area contributed by atoms with Crippen molar-refractivity contribution in [2.45, 2.75) is 25.5 Å². The maximum Gasteiger partial charge on any atom is 0.323 e. The van der Waals surface area contributed by atoms with Crippen LogP contribution in [-0.4, -0.2) is 56.3 Å². The molecule has 2 aliphatic heterocycles. The van der Waals surface area contributed by atoms with Gasteiger partial charge in [-0.05, 0) is 19.1 Å². The summed E-state index contributed by atoms with van der Waals surface area (Å²) in [6, 6.07) is 8.07. The molecule has 2 heterocycles. The summed E-state index contributed by atoms with van der Waals surface area (Å²) in [6.45, 7) is 5.59. The third kappa shape index (κ3) is 2.97. The smallest absolute Gasteiger partial charge is 0.323 e. The van der Waals surface area contributed by atoms with Crippen LogP contribution in [-0.2, 0) is 9.53 Å².